The van der Waals surface area contributed by atoms with E-state index in [9.17, 15) is 0 Å². The zero-order chi connectivity index (χ0) is 28.7. The van der Waals surface area contributed by atoms with E-state index in [2.05, 4.69) is 101 Å². The van der Waals surface area contributed by atoms with Crippen LogP contribution in [0.15, 0.2) is 54.7 Å². The lowest BCUT2D eigenvalue weighted by molar-refractivity contribution is -0.101. The summed E-state index contributed by atoms with van der Waals surface area (Å²) in [6.07, 6.45) is 12.4. The van der Waals surface area contributed by atoms with Crippen LogP contribution in [0, 0.1) is 12.8 Å². The largest absolute Gasteiger partial charge is 0.356 e. The van der Waals surface area contributed by atoms with Crippen molar-refractivity contribution in [1.82, 2.24) is 30.6 Å². The van der Waals surface area contributed by atoms with Gasteiger partial charge in [0.2, 0.25) is 0 Å². The molecular weight excluding hydrogens is 500 g/mol. The summed E-state index contributed by atoms with van der Waals surface area (Å²) in [4.78, 5) is 16.3. The molecule has 4 rings (SSSR count). The molecule has 2 aromatic heterocycles. The maximum Gasteiger partial charge on any atom is 0.162 e. The van der Waals surface area contributed by atoms with Crippen LogP contribution in [0.5, 0.6) is 0 Å². The van der Waals surface area contributed by atoms with Gasteiger partial charge < -0.3 is 30.1 Å². The van der Waals surface area contributed by atoms with Gasteiger partial charge in [0.15, 0.2) is 6.29 Å². The Kier molecular flexibility index (Phi) is 12.6. The second kappa shape index (κ2) is 16.4. The van der Waals surface area contributed by atoms with Gasteiger partial charge in [-0.25, -0.2) is 9.97 Å². The summed E-state index contributed by atoms with van der Waals surface area (Å²) in [5.74, 6) is 1.87. The maximum absolute atomic E-state index is 5.45. The van der Waals surface area contributed by atoms with Gasteiger partial charge in [-0.15, -0.1) is 12.8 Å². The van der Waals surface area contributed by atoms with E-state index >= 15 is 0 Å². The Morgan fingerprint density at radius 2 is 1.27 bits per heavy atom. The molecule has 0 spiro atoms. The number of H-pyrrole nitrogens is 2. The minimum atomic E-state index is -0.331. The Bertz CT molecular complexity index is 1290. The van der Waals surface area contributed by atoms with Crippen molar-refractivity contribution in [2.75, 3.05) is 27.3 Å². The smallest absolute Gasteiger partial charge is 0.162 e. The number of nitrogens with one attached hydrogen (secondary N) is 4. The van der Waals surface area contributed by atoms with Gasteiger partial charge in [-0.1, -0.05) is 62.4 Å². The van der Waals surface area contributed by atoms with Crippen LogP contribution in [-0.4, -0.2) is 53.5 Å². The molecule has 0 bridgehead atoms. The summed E-state index contributed by atoms with van der Waals surface area (Å²) >= 11 is 0. The molecule has 2 heterocycles. The first kappa shape index (κ1) is 30.8. The topological polar surface area (TPSA) is 99.9 Å². The van der Waals surface area contributed by atoms with Gasteiger partial charge in [0.1, 0.15) is 11.6 Å². The normalized spacial score (nSPS) is 11.0. The van der Waals surface area contributed by atoms with Crippen molar-refractivity contribution < 1.29 is 9.47 Å². The summed E-state index contributed by atoms with van der Waals surface area (Å²) < 4.78 is 10.9. The molecule has 8 nitrogen and oxygen atoms in total. The highest BCUT2D eigenvalue weighted by molar-refractivity contribution is 5.72. The molecule has 0 aliphatic heterocycles. The first-order valence-corrected chi connectivity index (χ1v) is 13.8. The zero-order valence-electron chi connectivity index (χ0n) is 24.1. The number of imidazole rings is 2. The fourth-order valence-electron chi connectivity index (χ4n) is 4.39. The number of terminal acetylenes is 1. The molecule has 0 atom stereocenters. The van der Waals surface area contributed by atoms with Gasteiger partial charge in [-0.05, 0) is 42.6 Å². The standard InChI is InChI=1S/C30H40N6O2.C2H2/c1-5-15-31-19-27-33-18-26(35-27)23-11-7-21(8-12-23)22-9-13-24(14-10-22)30-25(17-29(37-3)38-4)34-28(36-30)20-32-16-6-2;1-2/h7-14,18,29,31-32H,5-6,15-17,19-20H2,1-4H3,(H,33,35)(H,34,36);1-2H. The van der Waals surface area contributed by atoms with E-state index in [1.165, 1.54) is 0 Å². The van der Waals surface area contributed by atoms with Crippen LogP contribution in [-0.2, 0) is 29.0 Å². The molecule has 0 amide bonds. The molecule has 0 aliphatic rings. The lowest BCUT2D eigenvalue weighted by atomic mass is 10.0. The average molecular weight is 543 g/mol. The summed E-state index contributed by atoms with van der Waals surface area (Å²) in [6.45, 7) is 7.71. The van der Waals surface area contributed by atoms with E-state index in [0.717, 1.165) is 83.5 Å². The van der Waals surface area contributed by atoms with Gasteiger partial charge in [0.25, 0.3) is 0 Å². The molecule has 2 aromatic carbocycles. The molecule has 0 radical (unpaired) electrons. The van der Waals surface area contributed by atoms with Crippen LogP contribution >= 0.6 is 0 Å². The third-order valence-corrected chi connectivity index (χ3v) is 6.48. The number of ether oxygens (including phenoxy) is 2. The predicted molar refractivity (Wildman–Crippen MR) is 162 cm³/mol. The Labute approximate surface area is 238 Å². The number of methoxy groups -OCH3 is 2. The Morgan fingerprint density at radius 1 is 0.750 bits per heavy atom. The van der Waals surface area contributed by atoms with Gasteiger partial charge in [-0.2, -0.15) is 0 Å². The van der Waals surface area contributed by atoms with Gasteiger partial charge in [0, 0.05) is 31.9 Å². The molecule has 40 heavy (non-hydrogen) atoms. The second-order valence-corrected chi connectivity index (χ2v) is 9.37. The van der Waals surface area contributed by atoms with Crippen molar-refractivity contribution in [2.24, 2.45) is 0 Å². The van der Waals surface area contributed by atoms with Gasteiger partial charge in [-0.3, -0.25) is 0 Å². The molecule has 4 N–H and O–H groups in total. The minimum absolute atomic E-state index is 0.331. The Balaban J connectivity index is 0.00000216. The monoisotopic (exact) mass is 542 g/mol. The van der Waals surface area contributed by atoms with E-state index in [1.54, 1.807) is 14.2 Å². The first-order valence-electron chi connectivity index (χ1n) is 13.8. The van der Waals surface area contributed by atoms with E-state index in [-0.39, 0.29) is 6.29 Å². The van der Waals surface area contributed by atoms with Crippen LogP contribution < -0.4 is 10.6 Å². The number of hydrogen-bond donors (Lipinski definition) is 4. The molecule has 0 aliphatic carbocycles. The van der Waals surface area contributed by atoms with Crippen LogP contribution in [0.3, 0.4) is 0 Å². The lowest BCUT2D eigenvalue weighted by Gasteiger charge is -2.13. The fraction of sp³-hybridized carbons (Fsp3) is 0.375. The van der Waals surface area contributed by atoms with Crippen LogP contribution in [0.2, 0.25) is 0 Å². The Morgan fingerprint density at radius 3 is 1.82 bits per heavy atom. The number of aromatic amines is 2. The van der Waals surface area contributed by atoms with Crippen molar-refractivity contribution >= 4 is 0 Å². The summed E-state index contributed by atoms with van der Waals surface area (Å²) in [6, 6.07) is 17.1. The van der Waals surface area contributed by atoms with Crippen LogP contribution in [0.25, 0.3) is 33.6 Å². The van der Waals surface area contributed by atoms with E-state index in [1.807, 2.05) is 6.20 Å². The average Bonchev–Trinajstić information content (AvgIpc) is 3.65. The van der Waals surface area contributed by atoms with Crippen molar-refractivity contribution in [3.63, 3.8) is 0 Å². The third kappa shape index (κ3) is 8.38. The summed E-state index contributed by atoms with van der Waals surface area (Å²) in [7, 11) is 3.31. The summed E-state index contributed by atoms with van der Waals surface area (Å²) in [5, 5.41) is 6.80. The molecule has 0 saturated heterocycles. The maximum atomic E-state index is 5.45. The minimum Gasteiger partial charge on any atom is -0.356 e. The molecule has 0 fully saturated rings. The fourth-order valence-corrected chi connectivity index (χ4v) is 4.39. The number of benzene rings is 2. The molecule has 8 heteroatoms. The molecule has 212 valence electrons. The van der Waals surface area contributed by atoms with Crippen molar-refractivity contribution in [3.8, 4) is 46.5 Å². The SMILES string of the molecule is C#C.CCCNCc1ncc(-c2ccc(-c3ccc(-c4nc(CNCCC)[nH]c4CC(OC)OC)cc3)cc2)[nH]1. The highest BCUT2D eigenvalue weighted by atomic mass is 16.7. The highest BCUT2D eigenvalue weighted by Gasteiger charge is 2.17. The molecule has 4 aromatic rings. The number of aromatic nitrogens is 4. The zero-order valence-corrected chi connectivity index (χ0v) is 24.1. The number of rotatable bonds is 15. The quantitative estimate of drug-likeness (QED) is 0.0894. The van der Waals surface area contributed by atoms with Crippen LogP contribution in [0.1, 0.15) is 44.0 Å². The van der Waals surface area contributed by atoms with Gasteiger partial charge in [0.05, 0.1) is 30.7 Å². The van der Waals surface area contributed by atoms with Crippen molar-refractivity contribution in [3.05, 3.63) is 72.1 Å². The van der Waals surface area contributed by atoms with Gasteiger partial charge >= 0.3 is 0 Å². The summed E-state index contributed by atoms with van der Waals surface area (Å²) in [5.41, 5.74) is 7.47. The highest BCUT2D eigenvalue weighted by Crippen LogP contribution is 2.28. The third-order valence-electron chi connectivity index (χ3n) is 6.48. The molecule has 0 unspecified atom stereocenters. The van der Waals surface area contributed by atoms with Crippen molar-refractivity contribution in [1.29, 1.82) is 0 Å². The first-order chi connectivity index (χ1) is 19.6. The molecule has 0 saturated carbocycles. The van der Waals surface area contributed by atoms with E-state index in [0.29, 0.717) is 13.0 Å². The van der Waals surface area contributed by atoms with Crippen LogP contribution in [0.4, 0.5) is 0 Å². The Hall–Kier alpha value is -3.74. The predicted octanol–water partition coefficient (Wildman–Crippen LogP) is 5.54. The number of nitrogens with zero attached hydrogens (tertiary/aromatic N) is 2. The molecular formula is C32H42N6O2. The number of hydrogen-bond acceptors (Lipinski definition) is 6. The lowest BCUT2D eigenvalue weighted by Crippen LogP contribution is -2.17. The van der Waals surface area contributed by atoms with E-state index < -0.39 is 0 Å². The second-order valence-electron chi connectivity index (χ2n) is 9.37. The van der Waals surface area contributed by atoms with E-state index in [4.69, 9.17) is 14.5 Å². The van der Waals surface area contributed by atoms with Crippen molar-refractivity contribution in [2.45, 2.75) is 52.5 Å².